The van der Waals surface area contributed by atoms with Crippen molar-refractivity contribution in [3.8, 4) is 5.69 Å². The Hall–Kier alpha value is -3.25. The topological polar surface area (TPSA) is 133 Å². The average Bonchev–Trinajstić information content (AvgIpc) is 3.66. The molecule has 3 aliphatic heterocycles. The Bertz CT molecular complexity index is 1330. The molecule has 2 N–H and O–H groups in total. The molecule has 0 radical (unpaired) electrons. The van der Waals surface area contributed by atoms with Crippen LogP contribution in [0.3, 0.4) is 0 Å². The van der Waals surface area contributed by atoms with Crippen LogP contribution in [0.4, 0.5) is 0 Å². The van der Waals surface area contributed by atoms with Crippen LogP contribution >= 0.6 is 0 Å². The molecule has 0 spiro atoms. The van der Waals surface area contributed by atoms with E-state index in [9.17, 15) is 19.8 Å². The molecule has 11 nitrogen and oxygen atoms in total. The van der Waals surface area contributed by atoms with Gasteiger partial charge in [0, 0.05) is 12.5 Å². The van der Waals surface area contributed by atoms with Gasteiger partial charge in [0.25, 0.3) is 0 Å². The second-order valence-electron chi connectivity index (χ2n) is 9.49. The van der Waals surface area contributed by atoms with Gasteiger partial charge in [0.15, 0.2) is 6.10 Å². The molecule has 1 aromatic carbocycles. The summed E-state index contributed by atoms with van der Waals surface area (Å²) in [6.07, 6.45) is 3.21. The van der Waals surface area contributed by atoms with Crippen LogP contribution in [0, 0.1) is 5.92 Å². The van der Waals surface area contributed by atoms with Gasteiger partial charge in [-0.1, -0.05) is 35.5 Å². The van der Waals surface area contributed by atoms with Gasteiger partial charge in [-0.15, -0.1) is 6.58 Å². The highest BCUT2D eigenvalue weighted by atomic mass is 16.7. The van der Waals surface area contributed by atoms with Gasteiger partial charge >= 0.3 is 11.4 Å². The summed E-state index contributed by atoms with van der Waals surface area (Å²) in [5.41, 5.74) is 0.0911. The Morgan fingerprint density at radius 2 is 1.97 bits per heavy atom. The fraction of sp³-hybridized carbons (Fsp3) is 0.480. The molecule has 36 heavy (non-hydrogen) atoms. The molecular formula is C25H28N4O7. The summed E-state index contributed by atoms with van der Waals surface area (Å²) in [7, 11) is 0. The van der Waals surface area contributed by atoms with Gasteiger partial charge in [-0.3, -0.25) is 0 Å². The number of nitrogens with zero attached hydrogens (tertiary/aromatic N) is 4. The Balaban J connectivity index is 1.33. The van der Waals surface area contributed by atoms with E-state index >= 15 is 0 Å². The number of oxime groups is 1. The molecule has 1 aliphatic carbocycles. The number of aliphatic hydroxyl groups is 2. The molecule has 11 heteroatoms. The summed E-state index contributed by atoms with van der Waals surface area (Å²) in [5.74, 6) is -0.359. The van der Waals surface area contributed by atoms with Gasteiger partial charge in [0.2, 0.25) is 0 Å². The lowest BCUT2D eigenvalue weighted by atomic mass is 9.78. The van der Waals surface area contributed by atoms with Gasteiger partial charge in [0.05, 0.1) is 30.2 Å². The van der Waals surface area contributed by atoms with E-state index in [2.05, 4.69) is 11.7 Å². The zero-order valence-electron chi connectivity index (χ0n) is 19.5. The molecular weight excluding hydrogens is 468 g/mol. The minimum absolute atomic E-state index is 0.187. The van der Waals surface area contributed by atoms with Crippen molar-refractivity contribution in [2.24, 2.45) is 11.1 Å². The Kier molecular flexibility index (Phi) is 5.79. The van der Waals surface area contributed by atoms with E-state index in [0.29, 0.717) is 24.2 Å². The summed E-state index contributed by atoms with van der Waals surface area (Å²) in [5, 5.41) is 25.3. The van der Waals surface area contributed by atoms with Crippen molar-refractivity contribution >= 4 is 5.71 Å². The monoisotopic (exact) mass is 496 g/mol. The summed E-state index contributed by atoms with van der Waals surface area (Å²) < 4.78 is 15.4. The third kappa shape index (κ3) is 3.62. The molecule has 8 atom stereocenters. The maximum atomic E-state index is 13.5. The van der Waals surface area contributed by atoms with E-state index in [0.717, 1.165) is 4.57 Å². The molecule has 6 rings (SSSR count). The molecule has 0 amide bonds. The van der Waals surface area contributed by atoms with Crippen molar-refractivity contribution in [2.75, 3.05) is 6.61 Å². The van der Waals surface area contributed by atoms with Crippen molar-refractivity contribution < 1.29 is 24.5 Å². The van der Waals surface area contributed by atoms with Gasteiger partial charge in [-0.2, -0.15) is 0 Å². The minimum Gasteiger partial charge on any atom is -0.394 e. The number of fused-ring (bicyclic) bond motifs is 4. The first-order chi connectivity index (χ1) is 17.5. The number of hydrogen-bond acceptors (Lipinski definition) is 8. The molecule has 2 aromatic rings. The number of benzene rings is 1. The van der Waals surface area contributed by atoms with E-state index in [1.165, 1.54) is 9.36 Å². The fourth-order valence-electron chi connectivity index (χ4n) is 5.61. The van der Waals surface area contributed by atoms with Crippen molar-refractivity contribution in [3.63, 3.8) is 0 Å². The van der Waals surface area contributed by atoms with Crippen LogP contribution in [0.5, 0.6) is 0 Å². The highest BCUT2D eigenvalue weighted by molar-refractivity contribution is 5.94. The Labute approximate surface area is 206 Å². The molecule has 1 saturated carbocycles. The predicted molar refractivity (Wildman–Crippen MR) is 128 cm³/mol. The molecule has 4 aliphatic rings. The number of aromatic nitrogens is 3. The molecule has 2 fully saturated rings. The van der Waals surface area contributed by atoms with Crippen LogP contribution in [0.1, 0.15) is 18.9 Å². The van der Waals surface area contributed by atoms with Crippen molar-refractivity contribution in [2.45, 2.75) is 62.1 Å². The third-order valence-corrected chi connectivity index (χ3v) is 7.39. The summed E-state index contributed by atoms with van der Waals surface area (Å²) in [6, 6.07) is 7.99. The molecule has 190 valence electrons. The average molecular weight is 497 g/mol. The van der Waals surface area contributed by atoms with E-state index in [1.807, 2.05) is 18.2 Å². The lowest BCUT2D eigenvalue weighted by molar-refractivity contribution is -0.101. The molecule has 4 heterocycles. The van der Waals surface area contributed by atoms with Crippen LogP contribution in [0.25, 0.3) is 5.69 Å². The number of para-hydroxylation sites is 1. The Morgan fingerprint density at radius 1 is 1.17 bits per heavy atom. The maximum absolute atomic E-state index is 13.5. The molecule has 0 bridgehead atoms. The number of rotatable bonds is 6. The fourth-order valence-corrected chi connectivity index (χ4v) is 5.61. The van der Waals surface area contributed by atoms with E-state index in [4.69, 9.17) is 14.3 Å². The predicted octanol–water partition coefficient (Wildman–Crippen LogP) is 0.137. The quantitative estimate of drug-likeness (QED) is 0.330. The van der Waals surface area contributed by atoms with Crippen LogP contribution in [0.15, 0.2) is 69.9 Å². The first-order valence-electron chi connectivity index (χ1n) is 12.2. The maximum Gasteiger partial charge on any atom is 0.352 e. The number of aliphatic hydroxyl groups excluding tert-OH is 2. The highest BCUT2D eigenvalue weighted by Gasteiger charge is 2.61. The Morgan fingerprint density at radius 3 is 2.72 bits per heavy atom. The van der Waals surface area contributed by atoms with Crippen molar-refractivity contribution in [3.05, 3.63) is 76.1 Å². The normalized spacial score (nSPS) is 35.6. The second-order valence-corrected chi connectivity index (χ2v) is 9.49. The van der Waals surface area contributed by atoms with Crippen LogP contribution in [-0.2, 0) is 20.9 Å². The standard InChI is InChI=1S/C25H28N4O7/c1-2-6-15-9-10-17(18(13-30)34-15)36-26-19-16-11-12-27-24(32)28(14-7-4-3-5-8-14)25(33)29(27)20(16)21(31)23-22(19)35-23/h2-5,7-10,15-18,20-23,30-31H,1,6,11-13H2/b26-19-/t15-,16-,17+,18-,20-,21+,22-,23+/m1/s1. The van der Waals surface area contributed by atoms with Gasteiger partial charge in [-0.25, -0.2) is 23.5 Å². The van der Waals surface area contributed by atoms with Gasteiger partial charge in [0.1, 0.15) is 24.4 Å². The van der Waals surface area contributed by atoms with E-state index < -0.39 is 47.9 Å². The molecule has 1 saturated heterocycles. The van der Waals surface area contributed by atoms with Gasteiger partial charge in [-0.05, 0) is 31.1 Å². The van der Waals surface area contributed by atoms with E-state index in [-0.39, 0.29) is 25.2 Å². The van der Waals surface area contributed by atoms with E-state index in [1.54, 1.807) is 30.3 Å². The first kappa shape index (κ1) is 23.2. The summed E-state index contributed by atoms with van der Waals surface area (Å²) in [4.78, 5) is 32.4. The number of ether oxygens (including phenoxy) is 2. The highest BCUT2D eigenvalue weighted by Crippen LogP contribution is 2.46. The van der Waals surface area contributed by atoms with Gasteiger partial charge < -0.3 is 24.5 Å². The SMILES string of the molecule is C=CC[C@@H]1C=C[C@H](O/N=C2/[C@H]3CCn4c(=O)n(-c5ccccc5)c(=O)n4[C@H]3[C@H](O)[C@@H]3O[C@H]23)[C@@H](CO)O1. The number of epoxide rings is 1. The van der Waals surface area contributed by atoms with Crippen LogP contribution < -0.4 is 11.4 Å². The number of hydrogen-bond donors (Lipinski definition) is 2. The lowest BCUT2D eigenvalue weighted by Crippen LogP contribution is -2.53. The molecule has 0 unspecified atom stereocenters. The van der Waals surface area contributed by atoms with Crippen molar-refractivity contribution in [1.82, 2.24) is 13.9 Å². The van der Waals surface area contributed by atoms with Crippen molar-refractivity contribution in [1.29, 1.82) is 0 Å². The summed E-state index contributed by atoms with van der Waals surface area (Å²) in [6.45, 7) is 3.76. The molecule has 1 aromatic heterocycles. The third-order valence-electron chi connectivity index (χ3n) is 7.39. The summed E-state index contributed by atoms with van der Waals surface area (Å²) >= 11 is 0. The largest absolute Gasteiger partial charge is 0.394 e. The zero-order valence-corrected chi connectivity index (χ0v) is 19.5. The smallest absolute Gasteiger partial charge is 0.352 e. The minimum atomic E-state index is -0.975. The van der Waals surface area contributed by atoms with Crippen LogP contribution in [0.2, 0.25) is 0 Å². The first-order valence-corrected chi connectivity index (χ1v) is 12.2. The zero-order chi connectivity index (χ0) is 25.0. The lowest BCUT2D eigenvalue weighted by Gasteiger charge is -2.38. The van der Waals surface area contributed by atoms with Crippen LogP contribution in [-0.4, -0.2) is 73.1 Å². The second kappa shape index (κ2) is 9.00.